The third-order valence-electron chi connectivity index (χ3n) is 1.91. The smallest absolute Gasteiger partial charge is 0.174 e. The van der Waals surface area contributed by atoms with Crippen LogP contribution in [0.4, 0.5) is 0 Å². The molecule has 0 saturated carbocycles. The molecule has 1 atom stereocenters. The van der Waals surface area contributed by atoms with Gasteiger partial charge in [0.1, 0.15) is 6.33 Å². The summed E-state index contributed by atoms with van der Waals surface area (Å²) in [5.74, 6) is 0. The maximum atomic E-state index is 9.34. The van der Waals surface area contributed by atoms with Crippen LogP contribution in [0.5, 0.6) is 0 Å². The van der Waals surface area contributed by atoms with Gasteiger partial charge in [-0.15, -0.1) is 0 Å². The molecule has 0 aliphatic heterocycles. The van der Waals surface area contributed by atoms with E-state index in [0.717, 1.165) is 14.8 Å². The molecule has 1 aromatic carbocycles. The molecule has 0 aliphatic carbocycles. The van der Waals surface area contributed by atoms with Gasteiger partial charge < -0.3 is 5.11 Å². The topological polar surface area (TPSA) is 46.0 Å². The predicted octanol–water partition coefficient (Wildman–Crippen LogP) is 2.74. The molecule has 1 N–H and O–H groups in total. The molecular weight excluding hydrogens is 228 g/mol. The van der Waals surface area contributed by atoms with Crippen molar-refractivity contribution in [3.8, 4) is 0 Å². The molecule has 3 nitrogen and oxygen atoms in total. The van der Waals surface area contributed by atoms with Crippen LogP contribution in [0.2, 0.25) is 0 Å². The molecule has 0 spiro atoms. The molecule has 0 fully saturated rings. The minimum atomic E-state index is -0.412. The van der Waals surface area contributed by atoms with Crippen LogP contribution in [0.3, 0.4) is 0 Å². The number of benzene rings is 1. The highest BCUT2D eigenvalue weighted by molar-refractivity contribution is 8.01. The second kappa shape index (κ2) is 4.74. The number of aliphatic hydroxyl groups is 1. The van der Waals surface area contributed by atoms with Crippen LogP contribution in [0.15, 0.2) is 39.8 Å². The molecule has 78 valence electrons. The van der Waals surface area contributed by atoms with Crippen LogP contribution in [0, 0.1) is 0 Å². The Balaban J connectivity index is 2.11. The Bertz CT molecular complexity index is 411. The minimum absolute atomic E-state index is 0.412. The summed E-state index contributed by atoms with van der Waals surface area (Å²) in [5, 5.41) is 9.34. The van der Waals surface area contributed by atoms with E-state index < -0.39 is 6.10 Å². The lowest BCUT2D eigenvalue weighted by Gasteiger charge is -2.04. The first-order chi connectivity index (χ1) is 7.25. The molecule has 0 radical (unpaired) electrons. The molecule has 1 aromatic heterocycles. The largest absolute Gasteiger partial charge is 0.389 e. The molecule has 2 rings (SSSR count). The highest BCUT2D eigenvalue weighted by Gasteiger charge is 2.03. The zero-order chi connectivity index (χ0) is 10.7. The van der Waals surface area contributed by atoms with Crippen molar-refractivity contribution in [2.24, 2.45) is 0 Å². The molecule has 15 heavy (non-hydrogen) atoms. The summed E-state index contributed by atoms with van der Waals surface area (Å²) in [6.45, 7) is 1.76. The van der Waals surface area contributed by atoms with Gasteiger partial charge in [-0.3, -0.25) is 0 Å². The summed E-state index contributed by atoms with van der Waals surface area (Å²) in [4.78, 5) is 5.20. The van der Waals surface area contributed by atoms with Crippen LogP contribution < -0.4 is 0 Å². The lowest BCUT2D eigenvalue weighted by atomic mass is 10.1. The Hall–Kier alpha value is -0.910. The number of nitrogens with zero attached hydrogens (tertiary/aromatic N) is 2. The lowest BCUT2D eigenvalue weighted by molar-refractivity contribution is 0.199. The maximum absolute atomic E-state index is 9.34. The van der Waals surface area contributed by atoms with Crippen LogP contribution in [-0.4, -0.2) is 14.5 Å². The molecule has 0 amide bonds. The third-order valence-corrected chi connectivity index (χ3v) is 3.63. The third kappa shape index (κ3) is 2.77. The van der Waals surface area contributed by atoms with Gasteiger partial charge in [-0.2, -0.15) is 4.37 Å². The van der Waals surface area contributed by atoms with Gasteiger partial charge >= 0.3 is 0 Å². The summed E-state index contributed by atoms with van der Waals surface area (Å²) in [6, 6.07) is 7.81. The van der Waals surface area contributed by atoms with Crippen molar-refractivity contribution in [3.63, 3.8) is 0 Å². The molecule has 2 aromatic rings. The average Bonchev–Trinajstić information content (AvgIpc) is 2.71. The van der Waals surface area contributed by atoms with Crippen molar-refractivity contribution in [1.82, 2.24) is 9.36 Å². The molecule has 0 bridgehead atoms. The van der Waals surface area contributed by atoms with Crippen molar-refractivity contribution in [2.45, 2.75) is 22.3 Å². The van der Waals surface area contributed by atoms with Crippen LogP contribution in [0.1, 0.15) is 18.6 Å². The fraction of sp³-hybridized carbons (Fsp3) is 0.200. The van der Waals surface area contributed by atoms with Gasteiger partial charge in [-0.25, -0.2) is 4.98 Å². The van der Waals surface area contributed by atoms with Gasteiger partial charge in [-0.05, 0) is 36.2 Å². The predicted molar refractivity (Wildman–Crippen MR) is 61.1 cm³/mol. The molecule has 1 heterocycles. The van der Waals surface area contributed by atoms with Crippen molar-refractivity contribution < 1.29 is 5.11 Å². The molecule has 0 unspecified atom stereocenters. The fourth-order valence-electron chi connectivity index (χ4n) is 1.12. The van der Waals surface area contributed by atoms with E-state index in [4.69, 9.17) is 0 Å². The Morgan fingerprint density at radius 1 is 1.33 bits per heavy atom. The summed E-state index contributed by atoms with van der Waals surface area (Å²) >= 11 is 2.96. The quantitative estimate of drug-likeness (QED) is 0.893. The Labute approximate surface area is 96.4 Å². The van der Waals surface area contributed by atoms with E-state index in [0.29, 0.717) is 0 Å². The highest BCUT2D eigenvalue weighted by Crippen LogP contribution is 2.28. The van der Waals surface area contributed by atoms with Gasteiger partial charge in [-0.1, -0.05) is 23.9 Å². The second-order valence-corrected chi connectivity index (χ2v) is 5.15. The number of aromatic nitrogens is 2. The van der Waals surface area contributed by atoms with Crippen molar-refractivity contribution in [1.29, 1.82) is 0 Å². The van der Waals surface area contributed by atoms with Gasteiger partial charge in [0.2, 0.25) is 0 Å². The first kappa shape index (κ1) is 10.6. The zero-order valence-corrected chi connectivity index (χ0v) is 9.76. The minimum Gasteiger partial charge on any atom is -0.389 e. The molecule has 5 heteroatoms. The number of hydrogen-bond acceptors (Lipinski definition) is 5. The van der Waals surface area contributed by atoms with Gasteiger partial charge in [0, 0.05) is 4.90 Å². The normalized spacial score (nSPS) is 12.7. The summed E-state index contributed by atoms with van der Waals surface area (Å²) in [5.41, 5.74) is 0.927. The number of aliphatic hydroxyl groups excluding tert-OH is 1. The Morgan fingerprint density at radius 3 is 2.60 bits per heavy atom. The van der Waals surface area contributed by atoms with Crippen molar-refractivity contribution in [2.75, 3.05) is 0 Å². The van der Waals surface area contributed by atoms with E-state index in [-0.39, 0.29) is 0 Å². The van der Waals surface area contributed by atoms with Gasteiger partial charge in [0.15, 0.2) is 4.34 Å². The lowest BCUT2D eigenvalue weighted by Crippen LogP contribution is -1.89. The van der Waals surface area contributed by atoms with E-state index in [1.807, 2.05) is 24.3 Å². The van der Waals surface area contributed by atoms with E-state index in [1.165, 1.54) is 11.5 Å². The van der Waals surface area contributed by atoms with Crippen LogP contribution in [-0.2, 0) is 0 Å². The SMILES string of the molecule is C[C@H](O)c1ccc(Sc2ncns2)cc1. The summed E-state index contributed by atoms with van der Waals surface area (Å²) in [7, 11) is 0. The van der Waals surface area contributed by atoms with Gasteiger partial charge in [0.25, 0.3) is 0 Å². The molecule has 0 saturated heterocycles. The monoisotopic (exact) mass is 238 g/mol. The Kier molecular flexibility index (Phi) is 3.35. The van der Waals surface area contributed by atoms with Crippen molar-refractivity contribution >= 4 is 23.3 Å². The second-order valence-electron chi connectivity index (χ2n) is 3.05. The van der Waals surface area contributed by atoms with E-state index in [2.05, 4.69) is 9.36 Å². The first-order valence-corrected chi connectivity index (χ1v) is 6.07. The average molecular weight is 238 g/mol. The maximum Gasteiger partial charge on any atom is 0.174 e. The van der Waals surface area contributed by atoms with E-state index in [1.54, 1.807) is 25.0 Å². The Morgan fingerprint density at radius 2 is 2.07 bits per heavy atom. The highest BCUT2D eigenvalue weighted by atomic mass is 32.2. The summed E-state index contributed by atoms with van der Waals surface area (Å²) in [6.07, 6.45) is 1.14. The van der Waals surface area contributed by atoms with E-state index in [9.17, 15) is 5.11 Å². The van der Waals surface area contributed by atoms with Crippen LogP contribution in [0.25, 0.3) is 0 Å². The van der Waals surface area contributed by atoms with Crippen LogP contribution >= 0.6 is 23.3 Å². The zero-order valence-electron chi connectivity index (χ0n) is 8.12. The first-order valence-electron chi connectivity index (χ1n) is 4.48. The standard InChI is InChI=1S/C10H10N2OS2/c1-7(13)8-2-4-9(5-3-8)14-10-11-6-12-15-10/h2-7,13H,1H3/t7-/m0/s1. The fourth-order valence-corrected chi connectivity index (χ4v) is 2.54. The van der Waals surface area contributed by atoms with E-state index >= 15 is 0 Å². The molecular formula is C10H10N2OS2. The number of rotatable bonds is 3. The number of hydrogen-bond donors (Lipinski definition) is 1. The molecule has 0 aliphatic rings. The van der Waals surface area contributed by atoms with Crippen molar-refractivity contribution in [3.05, 3.63) is 36.2 Å². The summed E-state index contributed by atoms with van der Waals surface area (Å²) < 4.78 is 4.86. The van der Waals surface area contributed by atoms with Gasteiger partial charge in [0.05, 0.1) is 6.10 Å².